The molecular weight excluding hydrogens is 483 g/mol. The van der Waals surface area contributed by atoms with Gasteiger partial charge in [0.05, 0.1) is 6.61 Å². The van der Waals surface area contributed by atoms with Gasteiger partial charge in [-0.15, -0.1) is 11.3 Å². The number of rotatable bonds is 4. The van der Waals surface area contributed by atoms with Gasteiger partial charge in [-0.3, -0.25) is 9.20 Å². The van der Waals surface area contributed by atoms with E-state index < -0.39 is 16.3 Å². The van der Waals surface area contributed by atoms with Gasteiger partial charge in [0.15, 0.2) is 27.7 Å². The van der Waals surface area contributed by atoms with Crippen molar-refractivity contribution in [1.29, 1.82) is 0 Å². The van der Waals surface area contributed by atoms with Crippen molar-refractivity contribution >= 4 is 61.5 Å². The van der Waals surface area contributed by atoms with Crippen molar-refractivity contribution in [3.8, 4) is 0 Å². The van der Waals surface area contributed by atoms with E-state index in [-0.39, 0.29) is 16.2 Å². The molecule has 0 N–H and O–H groups in total. The van der Waals surface area contributed by atoms with E-state index in [9.17, 15) is 13.2 Å². The van der Waals surface area contributed by atoms with Crippen LogP contribution in [0.3, 0.4) is 0 Å². The van der Waals surface area contributed by atoms with Crippen LogP contribution in [-0.2, 0) is 26.2 Å². The number of piperidine rings is 1. The molecule has 8 nitrogen and oxygen atoms in total. The molecule has 0 saturated carbocycles. The molecule has 0 radical (unpaired) electrons. The average Bonchev–Trinajstić information content (AvgIpc) is 3.32. The largest absolute Gasteiger partial charge is 0.346 e. The molecule has 1 unspecified atom stereocenters. The van der Waals surface area contributed by atoms with E-state index in [0.29, 0.717) is 42.5 Å². The van der Waals surface area contributed by atoms with E-state index in [0.717, 1.165) is 17.5 Å². The second kappa shape index (κ2) is 8.02. The summed E-state index contributed by atoms with van der Waals surface area (Å²) < 4.78 is 35.3. The highest BCUT2D eigenvalue weighted by Gasteiger charge is 2.38. The van der Waals surface area contributed by atoms with E-state index >= 15 is 0 Å². The van der Waals surface area contributed by atoms with Gasteiger partial charge in [0.25, 0.3) is 10.0 Å². The van der Waals surface area contributed by atoms with Crippen molar-refractivity contribution in [2.75, 3.05) is 18.0 Å². The highest BCUT2D eigenvalue weighted by molar-refractivity contribution is 7.89. The lowest BCUT2D eigenvalue weighted by molar-refractivity contribution is -0.120. The number of fused-ring (bicyclic) bond motifs is 2. The van der Waals surface area contributed by atoms with Crippen LogP contribution in [0, 0.1) is 0 Å². The number of halogens is 2. The normalized spacial score (nSPS) is 20.8. The summed E-state index contributed by atoms with van der Waals surface area (Å²) in [7, 11) is -3.81. The van der Waals surface area contributed by atoms with Crippen LogP contribution in [0.15, 0.2) is 34.8 Å². The molecule has 4 heterocycles. The molecule has 2 aromatic heterocycles. The zero-order valence-corrected chi connectivity index (χ0v) is 19.3. The van der Waals surface area contributed by atoms with Gasteiger partial charge >= 0.3 is 0 Å². The van der Waals surface area contributed by atoms with Crippen LogP contribution in [0.5, 0.6) is 0 Å². The number of carbonyl (C=O) groups is 1. The van der Waals surface area contributed by atoms with Gasteiger partial charge in [-0.25, -0.2) is 13.4 Å². The van der Waals surface area contributed by atoms with Crippen molar-refractivity contribution in [2.24, 2.45) is 0 Å². The molecule has 2 aliphatic rings. The number of imidazole rings is 1. The number of sulfonamides is 1. The van der Waals surface area contributed by atoms with E-state index in [4.69, 9.17) is 27.9 Å². The first-order chi connectivity index (χ1) is 14.9. The minimum absolute atomic E-state index is 0.00377. The fourth-order valence-corrected chi connectivity index (χ4v) is 7.35. The molecule has 1 atom stereocenters. The summed E-state index contributed by atoms with van der Waals surface area (Å²) in [5, 5.41) is 2.34. The lowest BCUT2D eigenvalue weighted by Crippen LogP contribution is -2.53. The Balaban J connectivity index is 1.40. The summed E-state index contributed by atoms with van der Waals surface area (Å²) >= 11 is 13.6. The zero-order chi connectivity index (χ0) is 21.8. The third-order valence-corrected chi connectivity index (χ3v) is 8.99. The second-order valence-electron chi connectivity index (χ2n) is 7.42. The Morgan fingerprint density at radius 1 is 1.23 bits per heavy atom. The van der Waals surface area contributed by atoms with Gasteiger partial charge in [0.1, 0.15) is 0 Å². The SMILES string of the molecule is O=CC1OCc2cc(Cl)ccc2N1C1CCN(S(=O)(=O)c2c(Cl)nc3sccn23)CC1. The summed E-state index contributed by atoms with van der Waals surface area (Å²) in [5.41, 5.74) is 1.81. The summed E-state index contributed by atoms with van der Waals surface area (Å²) in [4.78, 5) is 18.3. The maximum absolute atomic E-state index is 13.3. The summed E-state index contributed by atoms with van der Waals surface area (Å²) in [6.07, 6.45) is 2.80. The number of aldehydes is 1. The highest BCUT2D eigenvalue weighted by atomic mass is 35.5. The van der Waals surface area contributed by atoms with E-state index in [1.807, 2.05) is 17.0 Å². The van der Waals surface area contributed by atoms with Gasteiger partial charge < -0.3 is 9.64 Å². The molecule has 31 heavy (non-hydrogen) atoms. The van der Waals surface area contributed by atoms with E-state index in [1.54, 1.807) is 17.6 Å². The zero-order valence-electron chi connectivity index (χ0n) is 16.1. The van der Waals surface area contributed by atoms with Gasteiger partial charge in [0, 0.05) is 47.0 Å². The van der Waals surface area contributed by atoms with E-state index in [1.165, 1.54) is 20.0 Å². The quantitative estimate of drug-likeness (QED) is 0.510. The molecule has 0 aliphatic carbocycles. The first-order valence-corrected chi connectivity index (χ1v) is 12.7. The number of anilines is 1. The number of benzene rings is 1. The van der Waals surface area contributed by atoms with Crippen LogP contribution in [0.2, 0.25) is 10.2 Å². The number of aromatic nitrogens is 2. The molecule has 1 saturated heterocycles. The van der Waals surface area contributed by atoms with Crippen LogP contribution in [0.4, 0.5) is 5.69 Å². The monoisotopic (exact) mass is 500 g/mol. The van der Waals surface area contributed by atoms with Gasteiger partial charge in [0.2, 0.25) is 0 Å². The van der Waals surface area contributed by atoms with Crippen molar-refractivity contribution < 1.29 is 17.9 Å². The Kier molecular flexibility index (Phi) is 5.48. The maximum Gasteiger partial charge on any atom is 0.262 e. The molecule has 12 heteroatoms. The lowest BCUT2D eigenvalue weighted by Gasteiger charge is -2.44. The summed E-state index contributed by atoms with van der Waals surface area (Å²) in [5.74, 6) is 0. The fourth-order valence-electron chi connectivity index (χ4n) is 4.28. The Bertz CT molecular complexity index is 1250. The maximum atomic E-state index is 13.3. The van der Waals surface area contributed by atoms with Crippen molar-refractivity contribution in [1.82, 2.24) is 13.7 Å². The highest BCUT2D eigenvalue weighted by Crippen LogP contribution is 2.36. The average molecular weight is 501 g/mol. The Labute approximate surface area is 193 Å². The Hall–Kier alpha value is -1.69. The minimum Gasteiger partial charge on any atom is -0.346 e. The topological polar surface area (TPSA) is 84.2 Å². The predicted octanol–water partition coefficient (Wildman–Crippen LogP) is 3.42. The Morgan fingerprint density at radius 3 is 2.74 bits per heavy atom. The molecule has 5 rings (SSSR count). The summed E-state index contributed by atoms with van der Waals surface area (Å²) in [6, 6.07) is 5.45. The molecule has 0 amide bonds. The molecule has 164 valence electrons. The van der Waals surface area contributed by atoms with Crippen molar-refractivity contribution in [2.45, 2.75) is 36.7 Å². The molecule has 2 aliphatic heterocycles. The van der Waals surface area contributed by atoms with Crippen molar-refractivity contribution in [3.63, 3.8) is 0 Å². The second-order valence-corrected chi connectivity index (χ2v) is 10.9. The number of thiazole rings is 1. The van der Waals surface area contributed by atoms with Crippen LogP contribution < -0.4 is 4.90 Å². The van der Waals surface area contributed by atoms with Crippen molar-refractivity contribution in [3.05, 3.63) is 45.5 Å². The molecule has 0 bridgehead atoms. The first kappa shape index (κ1) is 21.2. The fraction of sp³-hybridized carbons (Fsp3) is 0.368. The standard InChI is InChI=1S/C19H18Cl2N4O4S2/c20-13-1-2-15-12(9-13)11-29-16(10-26)25(15)14-3-5-23(6-4-14)31(27,28)18-17(21)22-19-24(18)7-8-30-19/h1-2,7-10,14,16H,3-6,11H2. The van der Waals surface area contributed by atoms with Crippen LogP contribution in [0.1, 0.15) is 18.4 Å². The number of nitrogens with zero attached hydrogens (tertiary/aromatic N) is 4. The van der Waals surface area contributed by atoms with Gasteiger partial charge in [-0.1, -0.05) is 23.2 Å². The lowest BCUT2D eigenvalue weighted by atomic mass is 10.0. The van der Waals surface area contributed by atoms with E-state index in [2.05, 4.69) is 4.98 Å². The number of ether oxygens (including phenoxy) is 1. The number of hydrogen-bond donors (Lipinski definition) is 0. The number of carbonyl (C=O) groups excluding carboxylic acids is 1. The van der Waals surface area contributed by atoms with Gasteiger partial charge in [-0.2, -0.15) is 4.31 Å². The molecule has 1 fully saturated rings. The number of hydrogen-bond acceptors (Lipinski definition) is 7. The van der Waals surface area contributed by atoms with Gasteiger partial charge in [-0.05, 0) is 31.0 Å². The minimum atomic E-state index is -3.81. The first-order valence-electron chi connectivity index (χ1n) is 9.65. The molecule has 1 aromatic carbocycles. The molecule has 0 spiro atoms. The molecular formula is C19H18Cl2N4O4S2. The third kappa shape index (κ3) is 3.55. The third-order valence-electron chi connectivity index (χ3n) is 5.70. The Morgan fingerprint density at radius 2 is 2.00 bits per heavy atom. The smallest absolute Gasteiger partial charge is 0.262 e. The molecule has 3 aromatic rings. The predicted molar refractivity (Wildman–Crippen MR) is 118 cm³/mol. The van der Waals surface area contributed by atoms with Crippen LogP contribution in [-0.4, -0.2) is 53.8 Å². The summed E-state index contributed by atoms with van der Waals surface area (Å²) in [6.45, 7) is 0.900. The van der Waals surface area contributed by atoms with Crippen LogP contribution >= 0.6 is 34.5 Å². The van der Waals surface area contributed by atoms with Crippen LogP contribution in [0.25, 0.3) is 4.96 Å².